The number of hydrogen-bond donors (Lipinski definition) is 1. The fraction of sp³-hybridized carbons (Fsp3) is 0.615. The number of likely N-dealkylation sites (tertiary alicyclic amines) is 1. The number of nitrogens with zero attached hydrogens (tertiary/aromatic N) is 2. The molecule has 2 fully saturated rings. The highest BCUT2D eigenvalue weighted by atomic mass is 16.5. The summed E-state index contributed by atoms with van der Waals surface area (Å²) in [7, 11) is 0. The van der Waals surface area contributed by atoms with E-state index < -0.39 is 0 Å². The topological polar surface area (TPSA) is 84.7 Å². The molecule has 3 heterocycles. The molecule has 0 aliphatic carbocycles. The molecule has 0 radical (unpaired) electrons. The van der Waals surface area contributed by atoms with Crippen molar-refractivity contribution < 1.29 is 18.8 Å². The summed E-state index contributed by atoms with van der Waals surface area (Å²) < 4.78 is 10.7. The number of hydrogen-bond acceptors (Lipinski definition) is 5. The first-order valence-electron chi connectivity index (χ1n) is 6.74. The number of nitrogens with one attached hydrogen (secondary N) is 1. The van der Waals surface area contributed by atoms with Crippen LogP contribution in [0.3, 0.4) is 0 Å². The van der Waals surface area contributed by atoms with Crippen molar-refractivity contribution in [2.75, 3.05) is 19.7 Å². The van der Waals surface area contributed by atoms with Gasteiger partial charge in [0.1, 0.15) is 6.61 Å². The van der Waals surface area contributed by atoms with Gasteiger partial charge >= 0.3 is 0 Å². The van der Waals surface area contributed by atoms with Crippen LogP contribution in [0.4, 0.5) is 0 Å². The van der Waals surface area contributed by atoms with Crippen molar-refractivity contribution in [1.29, 1.82) is 0 Å². The number of carbonyl (C=O) groups excluding carboxylic acids is 2. The zero-order chi connectivity index (χ0) is 14.2. The minimum atomic E-state index is -0.355. The third-order valence-electron chi connectivity index (χ3n) is 4.20. The van der Waals surface area contributed by atoms with Crippen LogP contribution in [0.25, 0.3) is 0 Å². The van der Waals surface area contributed by atoms with Crippen LogP contribution in [-0.4, -0.2) is 53.2 Å². The smallest absolute Gasteiger partial charge is 0.292 e. The van der Waals surface area contributed by atoms with Gasteiger partial charge in [0, 0.05) is 19.2 Å². The first-order valence-corrected chi connectivity index (χ1v) is 6.74. The van der Waals surface area contributed by atoms with Gasteiger partial charge in [-0.2, -0.15) is 0 Å². The molecule has 20 heavy (non-hydrogen) atoms. The van der Waals surface area contributed by atoms with Crippen LogP contribution in [0.1, 0.15) is 30.3 Å². The highest BCUT2D eigenvalue weighted by molar-refractivity contribution is 5.91. The number of rotatable bonds is 1. The third-order valence-corrected chi connectivity index (χ3v) is 4.20. The van der Waals surface area contributed by atoms with E-state index in [-0.39, 0.29) is 35.8 Å². The summed E-state index contributed by atoms with van der Waals surface area (Å²) in [6.45, 7) is 3.21. The van der Waals surface area contributed by atoms with E-state index in [1.54, 1.807) is 11.0 Å². The first kappa shape index (κ1) is 13.1. The Hall–Kier alpha value is -1.89. The van der Waals surface area contributed by atoms with Crippen molar-refractivity contribution in [3.05, 3.63) is 18.0 Å². The van der Waals surface area contributed by atoms with Gasteiger partial charge in [-0.05, 0) is 19.8 Å². The Kier molecular flexibility index (Phi) is 3.21. The lowest BCUT2D eigenvalue weighted by molar-refractivity contribution is -0.158. The summed E-state index contributed by atoms with van der Waals surface area (Å²) in [6, 6.07) is 1.53. The Balaban J connectivity index is 1.65. The van der Waals surface area contributed by atoms with Crippen molar-refractivity contribution in [3.63, 3.8) is 0 Å². The van der Waals surface area contributed by atoms with E-state index in [1.165, 1.54) is 6.20 Å². The molecule has 0 bridgehead atoms. The summed E-state index contributed by atoms with van der Waals surface area (Å²) >= 11 is 0. The molecule has 7 heteroatoms. The van der Waals surface area contributed by atoms with Gasteiger partial charge < -0.3 is 19.5 Å². The maximum atomic E-state index is 12.1. The van der Waals surface area contributed by atoms with Gasteiger partial charge in [-0.3, -0.25) is 9.59 Å². The largest absolute Gasteiger partial charge is 0.363 e. The molecule has 0 unspecified atom stereocenters. The van der Waals surface area contributed by atoms with Gasteiger partial charge in [0.05, 0.1) is 17.8 Å². The summed E-state index contributed by atoms with van der Waals surface area (Å²) in [5, 5.41) is 6.46. The molecule has 1 spiro atoms. The minimum Gasteiger partial charge on any atom is -0.363 e. The highest BCUT2D eigenvalue weighted by Gasteiger charge is 2.45. The number of carbonyl (C=O) groups is 2. The van der Waals surface area contributed by atoms with Crippen LogP contribution in [-0.2, 0) is 9.53 Å². The minimum absolute atomic E-state index is 0.0359. The predicted octanol–water partition coefficient (Wildman–Crippen LogP) is 0.184. The van der Waals surface area contributed by atoms with E-state index in [0.717, 1.165) is 0 Å². The van der Waals surface area contributed by atoms with Crippen LogP contribution >= 0.6 is 0 Å². The molecular weight excluding hydrogens is 262 g/mol. The number of ether oxygens (including phenoxy) is 1. The van der Waals surface area contributed by atoms with Gasteiger partial charge in [0.2, 0.25) is 11.7 Å². The second-order valence-corrected chi connectivity index (χ2v) is 5.31. The van der Waals surface area contributed by atoms with Gasteiger partial charge in [0.15, 0.2) is 0 Å². The number of morpholine rings is 1. The molecular formula is C13H17N3O4. The summed E-state index contributed by atoms with van der Waals surface area (Å²) in [5.41, 5.74) is -0.355. The SMILES string of the molecule is C[C@@H]1NC(=O)COC12CCN(C(=O)c1ccno1)CC2. The third kappa shape index (κ3) is 2.18. The van der Waals surface area contributed by atoms with E-state index >= 15 is 0 Å². The van der Waals surface area contributed by atoms with Crippen LogP contribution in [0.15, 0.2) is 16.8 Å². The van der Waals surface area contributed by atoms with E-state index in [9.17, 15) is 9.59 Å². The Morgan fingerprint density at radius 2 is 2.25 bits per heavy atom. The van der Waals surface area contributed by atoms with E-state index in [1.807, 2.05) is 6.92 Å². The average Bonchev–Trinajstić information content (AvgIpc) is 2.98. The lowest BCUT2D eigenvalue weighted by atomic mass is 9.83. The van der Waals surface area contributed by atoms with Crippen LogP contribution in [0, 0.1) is 0 Å². The maximum Gasteiger partial charge on any atom is 0.292 e. The van der Waals surface area contributed by atoms with Gasteiger partial charge in [-0.1, -0.05) is 5.16 Å². The fourth-order valence-electron chi connectivity index (χ4n) is 2.90. The molecule has 1 aromatic heterocycles. The van der Waals surface area contributed by atoms with Crippen LogP contribution < -0.4 is 5.32 Å². The van der Waals surface area contributed by atoms with Gasteiger partial charge in [-0.15, -0.1) is 0 Å². The number of aromatic nitrogens is 1. The summed E-state index contributed by atoms with van der Waals surface area (Å²) in [4.78, 5) is 25.2. The van der Waals surface area contributed by atoms with Crippen molar-refractivity contribution in [2.45, 2.75) is 31.4 Å². The molecule has 1 aromatic rings. The normalized spacial score (nSPS) is 25.6. The van der Waals surface area contributed by atoms with E-state index in [0.29, 0.717) is 25.9 Å². The molecule has 1 N–H and O–H groups in total. The summed E-state index contributed by atoms with van der Waals surface area (Å²) in [5.74, 6) is 0.0278. The van der Waals surface area contributed by atoms with Crippen molar-refractivity contribution in [3.8, 4) is 0 Å². The Morgan fingerprint density at radius 1 is 1.50 bits per heavy atom. The predicted molar refractivity (Wildman–Crippen MR) is 67.9 cm³/mol. The summed E-state index contributed by atoms with van der Waals surface area (Å²) in [6.07, 6.45) is 2.86. The van der Waals surface area contributed by atoms with Crippen LogP contribution in [0.5, 0.6) is 0 Å². The first-order chi connectivity index (χ1) is 9.61. The molecule has 2 amide bonds. The monoisotopic (exact) mass is 279 g/mol. The lowest BCUT2D eigenvalue weighted by Crippen LogP contribution is -2.63. The second kappa shape index (κ2) is 4.90. The Bertz CT molecular complexity index is 506. The van der Waals surface area contributed by atoms with E-state index in [4.69, 9.17) is 9.26 Å². The zero-order valence-corrected chi connectivity index (χ0v) is 11.3. The molecule has 108 valence electrons. The van der Waals surface area contributed by atoms with Crippen LogP contribution in [0.2, 0.25) is 0 Å². The number of amides is 2. The van der Waals surface area contributed by atoms with Crippen molar-refractivity contribution in [1.82, 2.24) is 15.4 Å². The Labute approximate surface area is 116 Å². The lowest BCUT2D eigenvalue weighted by Gasteiger charge is -2.47. The molecule has 3 rings (SSSR count). The quantitative estimate of drug-likeness (QED) is 0.793. The highest BCUT2D eigenvalue weighted by Crippen LogP contribution is 2.32. The maximum absolute atomic E-state index is 12.1. The number of piperidine rings is 1. The van der Waals surface area contributed by atoms with Gasteiger partial charge in [-0.25, -0.2) is 0 Å². The average molecular weight is 279 g/mol. The standard InChI is InChI=1S/C13H17N3O4/c1-9-13(19-8-11(17)15-9)3-6-16(7-4-13)12(18)10-2-5-14-20-10/h2,5,9H,3-4,6-8H2,1H3,(H,15,17)/t9-/m0/s1. The van der Waals surface area contributed by atoms with Crippen molar-refractivity contribution >= 4 is 11.8 Å². The second-order valence-electron chi connectivity index (χ2n) is 5.31. The molecule has 7 nitrogen and oxygen atoms in total. The molecule has 0 saturated carbocycles. The fourth-order valence-corrected chi connectivity index (χ4v) is 2.90. The zero-order valence-electron chi connectivity index (χ0n) is 11.3. The Morgan fingerprint density at radius 3 is 2.85 bits per heavy atom. The molecule has 1 atom stereocenters. The van der Waals surface area contributed by atoms with E-state index in [2.05, 4.69) is 10.5 Å². The van der Waals surface area contributed by atoms with Crippen molar-refractivity contribution in [2.24, 2.45) is 0 Å². The molecule has 0 aromatic carbocycles. The molecule has 2 aliphatic heterocycles. The molecule has 2 aliphatic rings. The molecule has 2 saturated heterocycles. The van der Waals surface area contributed by atoms with Gasteiger partial charge in [0.25, 0.3) is 5.91 Å².